The predicted molar refractivity (Wildman–Crippen MR) is 116 cm³/mol. The molecule has 1 amide bonds. The Morgan fingerprint density at radius 2 is 1.88 bits per heavy atom. The summed E-state index contributed by atoms with van der Waals surface area (Å²) in [6.45, 7) is 4.55. The standard InChI is InChI=1S/C24H24FN3O4/c1-24(2)23-27-19(21(29)26-14-16-8-10-18(25)11-9-16)20(22(30)28(23)12-13-32-24)31-15-17-6-4-3-5-7-17/h3-11H,12-15H2,1-2H3,(H,26,29). The average Bonchev–Trinajstić information content (AvgIpc) is 2.78. The van der Waals surface area contributed by atoms with Crippen molar-refractivity contribution in [2.24, 2.45) is 0 Å². The molecule has 0 fully saturated rings. The Bertz CT molecular complexity index is 1170. The molecule has 2 aromatic carbocycles. The Kier molecular flexibility index (Phi) is 6.05. The van der Waals surface area contributed by atoms with Crippen LogP contribution in [0.3, 0.4) is 0 Å². The molecule has 1 aliphatic rings. The number of halogens is 1. The van der Waals surface area contributed by atoms with Gasteiger partial charge >= 0.3 is 0 Å². The summed E-state index contributed by atoms with van der Waals surface area (Å²) >= 11 is 0. The first kappa shape index (κ1) is 21.7. The molecule has 1 N–H and O–H groups in total. The highest BCUT2D eigenvalue weighted by Crippen LogP contribution is 2.28. The van der Waals surface area contributed by atoms with Gasteiger partial charge in [-0.3, -0.25) is 14.2 Å². The molecular weight excluding hydrogens is 413 g/mol. The van der Waals surface area contributed by atoms with Crippen LogP contribution in [0.1, 0.15) is 41.3 Å². The smallest absolute Gasteiger partial charge is 0.296 e. The van der Waals surface area contributed by atoms with Crippen molar-refractivity contribution in [1.82, 2.24) is 14.9 Å². The number of hydrogen-bond donors (Lipinski definition) is 1. The fraction of sp³-hybridized carbons (Fsp3) is 0.292. The Morgan fingerprint density at radius 1 is 1.16 bits per heavy atom. The van der Waals surface area contributed by atoms with Crippen molar-refractivity contribution in [3.63, 3.8) is 0 Å². The van der Waals surface area contributed by atoms with E-state index < -0.39 is 17.1 Å². The quantitative estimate of drug-likeness (QED) is 0.641. The van der Waals surface area contributed by atoms with Gasteiger partial charge in [-0.1, -0.05) is 42.5 Å². The van der Waals surface area contributed by atoms with Crippen LogP contribution < -0.4 is 15.6 Å². The van der Waals surface area contributed by atoms with E-state index in [9.17, 15) is 14.0 Å². The third-order valence-electron chi connectivity index (χ3n) is 5.25. The first-order valence-corrected chi connectivity index (χ1v) is 10.3. The van der Waals surface area contributed by atoms with Crippen LogP contribution in [0.25, 0.3) is 0 Å². The molecule has 3 aromatic rings. The molecule has 7 nitrogen and oxygen atoms in total. The Labute approximate surface area is 184 Å². The van der Waals surface area contributed by atoms with E-state index in [0.29, 0.717) is 24.5 Å². The molecule has 0 atom stereocenters. The van der Waals surface area contributed by atoms with Crippen molar-refractivity contribution < 1.29 is 18.7 Å². The molecule has 4 rings (SSSR count). The fourth-order valence-corrected chi connectivity index (χ4v) is 3.54. The molecule has 166 valence electrons. The largest absolute Gasteiger partial charge is 0.481 e. The molecule has 0 bridgehead atoms. The minimum atomic E-state index is -0.832. The summed E-state index contributed by atoms with van der Waals surface area (Å²) in [4.78, 5) is 30.8. The van der Waals surface area contributed by atoms with Crippen LogP contribution in [0.15, 0.2) is 59.4 Å². The van der Waals surface area contributed by atoms with Crippen molar-refractivity contribution in [2.75, 3.05) is 6.61 Å². The number of nitrogens with one attached hydrogen (secondary N) is 1. The third-order valence-corrected chi connectivity index (χ3v) is 5.25. The number of ether oxygens (including phenoxy) is 2. The normalized spacial score (nSPS) is 14.5. The molecule has 0 saturated heterocycles. The number of benzene rings is 2. The van der Waals surface area contributed by atoms with Crippen molar-refractivity contribution in [3.8, 4) is 5.75 Å². The highest BCUT2D eigenvalue weighted by atomic mass is 19.1. The second-order valence-corrected chi connectivity index (χ2v) is 8.01. The maximum absolute atomic E-state index is 13.3. The van der Waals surface area contributed by atoms with Crippen LogP contribution in [-0.4, -0.2) is 22.1 Å². The summed E-state index contributed by atoms with van der Waals surface area (Å²) in [7, 11) is 0. The molecule has 8 heteroatoms. The van der Waals surface area contributed by atoms with Crippen LogP contribution in [0.4, 0.5) is 4.39 Å². The van der Waals surface area contributed by atoms with Crippen LogP contribution in [-0.2, 0) is 30.0 Å². The molecule has 0 aliphatic carbocycles. The molecule has 0 unspecified atom stereocenters. The lowest BCUT2D eigenvalue weighted by atomic mass is 10.1. The Hall–Kier alpha value is -3.52. The van der Waals surface area contributed by atoms with E-state index in [1.807, 2.05) is 30.3 Å². The number of aromatic nitrogens is 2. The summed E-state index contributed by atoms with van der Waals surface area (Å²) in [6.07, 6.45) is 0. The van der Waals surface area contributed by atoms with Gasteiger partial charge in [0.1, 0.15) is 23.8 Å². The zero-order valence-corrected chi connectivity index (χ0v) is 17.9. The van der Waals surface area contributed by atoms with Crippen molar-refractivity contribution >= 4 is 5.91 Å². The highest BCUT2D eigenvalue weighted by molar-refractivity contribution is 5.94. The molecule has 1 aliphatic heterocycles. The summed E-state index contributed by atoms with van der Waals surface area (Å²) in [5, 5.41) is 2.74. The summed E-state index contributed by atoms with van der Waals surface area (Å²) in [6, 6.07) is 15.2. The van der Waals surface area contributed by atoms with E-state index >= 15 is 0 Å². The van der Waals surface area contributed by atoms with Crippen molar-refractivity contribution in [3.05, 3.63) is 93.4 Å². The van der Waals surface area contributed by atoms with Crippen molar-refractivity contribution in [2.45, 2.75) is 39.1 Å². The summed E-state index contributed by atoms with van der Waals surface area (Å²) < 4.78 is 26.2. The molecule has 32 heavy (non-hydrogen) atoms. The number of amides is 1. The van der Waals surface area contributed by atoms with Gasteiger partial charge in [0.15, 0.2) is 5.69 Å². The Balaban J connectivity index is 1.67. The van der Waals surface area contributed by atoms with Gasteiger partial charge in [0.25, 0.3) is 11.5 Å². The maximum Gasteiger partial charge on any atom is 0.296 e. The topological polar surface area (TPSA) is 82.5 Å². The van der Waals surface area contributed by atoms with Gasteiger partial charge in [-0.15, -0.1) is 0 Å². The van der Waals surface area contributed by atoms with Crippen molar-refractivity contribution in [1.29, 1.82) is 0 Å². The summed E-state index contributed by atoms with van der Waals surface area (Å²) in [5.41, 5.74) is 0.217. The molecular formula is C24H24FN3O4. The fourth-order valence-electron chi connectivity index (χ4n) is 3.54. The summed E-state index contributed by atoms with van der Waals surface area (Å²) in [5.74, 6) is -0.651. The predicted octanol–water partition coefficient (Wildman–Crippen LogP) is 3.16. The van der Waals surface area contributed by atoms with E-state index in [-0.39, 0.29) is 30.4 Å². The molecule has 1 aromatic heterocycles. The van der Waals surface area contributed by atoms with E-state index in [4.69, 9.17) is 9.47 Å². The molecule has 0 spiro atoms. The van der Waals surface area contributed by atoms with Gasteiger partial charge in [-0.25, -0.2) is 9.37 Å². The van der Waals surface area contributed by atoms with Gasteiger partial charge in [0, 0.05) is 6.54 Å². The van der Waals surface area contributed by atoms with Gasteiger partial charge in [-0.05, 0) is 37.1 Å². The Morgan fingerprint density at radius 3 is 2.59 bits per heavy atom. The van der Waals surface area contributed by atoms with E-state index in [1.54, 1.807) is 26.0 Å². The lowest BCUT2D eigenvalue weighted by Gasteiger charge is -2.32. The maximum atomic E-state index is 13.3. The zero-order chi connectivity index (χ0) is 22.7. The monoisotopic (exact) mass is 437 g/mol. The lowest BCUT2D eigenvalue weighted by molar-refractivity contribution is -0.0567. The number of fused-ring (bicyclic) bond motifs is 1. The molecule has 2 heterocycles. The van der Waals surface area contributed by atoms with Crippen LogP contribution >= 0.6 is 0 Å². The lowest BCUT2D eigenvalue weighted by Crippen LogP contribution is -2.43. The third kappa shape index (κ3) is 4.55. The SMILES string of the molecule is CC1(C)OCCn2c1nc(C(=O)NCc1ccc(F)cc1)c(OCc1ccccc1)c2=O. The van der Waals surface area contributed by atoms with E-state index in [0.717, 1.165) is 5.56 Å². The second-order valence-electron chi connectivity index (χ2n) is 8.01. The van der Waals surface area contributed by atoms with E-state index in [2.05, 4.69) is 10.3 Å². The van der Waals surface area contributed by atoms with Gasteiger partial charge in [-0.2, -0.15) is 0 Å². The van der Waals surface area contributed by atoms with Gasteiger partial charge < -0.3 is 14.8 Å². The second kappa shape index (κ2) is 8.92. The number of hydrogen-bond acceptors (Lipinski definition) is 5. The number of rotatable bonds is 6. The average molecular weight is 437 g/mol. The minimum absolute atomic E-state index is 0.0992. The first-order valence-electron chi connectivity index (χ1n) is 10.3. The van der Waals surface area contributed by atoms with Crippen LogP contribution in [0.2, 0.25) is 0 Å². The zero-order valence-electron chi connectivity index (χ0n) is 17.9. The number of nitrogens with zero attached hydrogens (tertiary/aromatic N) is 2. The number of carbonyl (C=O) groups excluding carboxylic acids is 1. The highest BCUT2D eigenvalue weighted by Gasteiger charge is 2.34. The molecule has 0 radical (unpaired) electrons. The molecule has 0 saturated carbocycles. The minimum Gasteiger partial charge on any atom is -0.481 e. The van der Waals surface area contributed by atoms with Crippen LogP contribution in [0, 0.1) is 5.82 Å². The van der Waals surface area contributed by atoms with Gasteiger partial charge in [0.2, 0.25) is 5.75 Å². The van der Waals surface area contributed by atoms with E-state index in [1.165, 1.54) is 16.7 Å². The van der Waals surface area contributed by atoms with Gasteiger partial charge in [0.05, 0.1) is 13.2 Å². The first-order chi connectivity index (χ1) is 15.3. The van der Waals surface area contributed by atoms with Crippen LogP contribution in [0.5, 0.6) is 5.75 Å². The number of carbonyl (C=O) groups is 1.